The number of unbranched alkanes of at least 4 members (excludes halogenated alkanes) is 25. The van der Waals surface area contributed by atoms with Crippen LogP contribution in [0.15, 0.2) is 36.5 Å². The summed E-state index contributed by atoms with van der Waals surface area (Å²) in [6.07, 6.45) is 36.3. The van der Waals surface area contributed by atoms with Crippen LogP contribution in [0, 0.1) is 0 Å². The minimum absolute atomic E-state index is 0.116. The predicted octanol–water partition coefficient (Wildman–Crippen LogP) is 10.8. The van der Waals surface area contributed by atoms with Crippen LogP contribution in [0.25, 0.3) is 0 Å². The molecule has 0 aliphatic carbocycles. The number of aliphatic hydroxyl groups is 5. The molecule has 8 atom stereocenters. The average molecular weight is 908 g/mol. The Hall–Kier alpha value is -2.12. The number of carbonyl (C=O) groups excluding carboxylic acids is 2. The Bertz CT molecular complexity index is 1180. The summed E-state index contributed by atoms with van der Waals surface area (Å²) in [7, 11) is 0. The molecule has 1 saturated heterocycles. The van der Waals surface area contributed by atoms with Crippen molar-refractivity contribution in [3.8, 4) is 0 Å². The van der Waals surface area contributed by atoms with Gasteiger partial charge < -0.3 is 45.1 Å². The number of amides is 1. The van der Waals surface area contributed by atoms with E-state index in [2.05, 4.69) is 50.4 Å². The SMILES string of the molecule is CC/C=C/C/C=C/CCCCCCCCCC(=O)OC1C(OCC(NC(=O)C(O)CCCCCCCCCCCC)C(O)/C=C/CCCCCCCCCCC)OC(CO)C(O)C1O. The van der Waals surface area contributed by atoms with Gasteiger partial charge in [0, 0.05) is 6.42 Å². The van der Waals surface area contributed by atoms with Gasteiger partial charge in [0.2, 0.25) is 5.91 Å². The summed E-state index contributed by atoms with van der Waals surface area (Å²) in [4.78, 5) is 26.3. The molecular formula is C53H97NO10. The van der Waals surface area contributed by atoms with Gasteiger partial charge in [-0.2, -0.15) is 0 Å². The van der Waals surface area contributed by atoms with Gasteiger partial charge in [-0.25, -0.2) is 0 Å². The van der Waals surface area contributed by atoms with Crippen LogP contribution < -0.4 is 5.32 Å². The Balaban J connectivity index is 2.77. The number of hydrogen-bond acceptors (Lipinski definition) is 10. The number of carbonyl (C=O) groups is 2. The Morgan fingerprint density at radius 1 is 0.625 bits per heavy atom. The molecule has 0 saturated carbocycles. The van der Waals surface area contributed by atoms with Gasteiger partial charge in [0.25, 0.3) is 0 Å². The highest BCUT2D eigenvalue weighted by Crippen LogP contribution is 2.26. The number of aliphatic hydroxyl groups excluding tert-OH is 5. The van der Waals surface area contributed by atoms with Gasteiger partial charge in [-0.1, -0.05) is 205 Å². The molecule has 64 heavy (non-hydrogen) atoms. The van der Waals surface area contributed by atoms with E-state index in [0.29, 0.717) is 19.3 Å². The van der Waals surface area contributed by atoms with Gasteiger partial charge in [0.15, 0.2) is 12.4 Å². The Kier molecular flexibility index (Phi) is 39.5. The second-order valence-corrected chi connectivity index (χ2v) is 18.2. The molecule has 8 unspecified atom stereocenters. The fourth-order valence-corrected chi connectivity index (χ4v) is 8.10. The third-order valence-electron chi connectivity index (χ3n) is 12.3. The van der Waals surface area contributed by atoms with Gasteiger partial charge in [0.05, 0.1) is 25.4 Å². The summed E-state index contributed by atoms with van der Waals surface area (Å²) in [5.41, 5.74) is 0. The molecule has 1 heterocycles. The number of esters is 1. The first-order valence-electron chi connectivity index (χ1n) is 26.3. The van der Waals surface area contributed by atoms with Crippen molar-refractivity contribution in [3.63, 3.8) is 0 Å². The predicted molar refractivity (Wildman–Crippen MR) is 260 cm³/mol. The lowest BCUT2D eigenvalue weighted by Crippen LogP contribution is -2.61. The summed E-state index contributed by atoms with van der Waals surface area (Å²) >= 11 is 0. The van der Waals surface area contributed by atoms with E-state index < -0.39 is 67.4 Å². The zero-order valence-corrected chi connectivity index (χ0v) is 40.9. The molecule has 0 spiro atoms. The molecule has 1 aliphatic heterocycles. The molecule has 0 aromatic rings. The molecule has 6 N–H and O–H groups in total. The van der Waals surface area contributed by atoms with Crippen molar-refractivity contribution in [2.24, 2.45) is 0 Å². The van der Waals surface area contributed by atoms with Gasteiger partial charge >= 0.3 is 5.97 Å². The minimum Gasteiger partial charge on any atom is -0.454 e. The van der Waals surface area contributed by atoms with E-state index in [-0.39, 0.29) is 13.0 Å². The molecule has 0 radical (unpaired) electrons. The lowest BCUT2D eigenvalue weighted by atomic mass is 9.99. The summed E-state index contributed by atoms with van der Waals surface area (Å²) in [5.74, 6) is -1.20. The molecule has 0 aromatic carbocycles. The first-order valence-corrected chi connectivity index (χ1v) is 26.3. The highest BCUT2D eigenvalue weighted by atomic mass is 16.7. The minimum atomic E-state index is -1.61. The first-order chi connectivity index (χ1) is 31.2. The maximum atomic E-state index is 13.3. The Morgan fingerprint density at radius 3 is 1.67 bits per heavy atom. The van der Waals surface area contributed by atoms with E-state index >= 15 is 0 Å². The van der Waals surface area contributed by atoms with E-state index in [1.54, 1.807) is 6.08 Å². The van der Waals surface area contributed by atoms with E-state index in [4.69, 9.17) is 14.2 Å². The van der Waals surface area contributed by atoms with Crippen molar-refractivity contribution in [2.45, 2.75) is 275 Å². The van der Waals surface area contributed by atoms with Crippen molar-refractivity contribution in [1.29, 1.82) is 0 Å². The molecule has 0 aromatic heterocycles. The average Bonchev–Trinajstić information content (AvgIpc) is 3.29. The van der Waals surface area contributed by atoms with Crippen LogP contribution in [0.5, 0.6) is 0 Å². The summed E-state index contributed by atoms with van der Waals surface area (Å²) in [5, 5.41) is 56.5. The maximum Gasteiger partial charge on any atom is 0.306 e. The van der Waals surface area contributed by atoms with Crippen LogP contribution in [-0.4, -0.2) is 99.6 Å². The zero-order valence-electron chi connectivity index (χ0n) is 40.9. The molecule has 0 bridgehead atoms. The topological polar surface area (TPSA) is 175 Å². The fourth-order valence-electron chi connectivity index (χ4n) is 8.10. The second-order valence-electron chi connectivity index (χ2n) is 18.2. The normalized spacial score (nSPS) is 20.7. The number of nitrogens with one attached hydrogen (secondary N) is 1. The van der Waals surface area contributed by atoms with Gasteiger partial charge in [-0.05, 0) is 51.4 Å². The largest absolute Gasteiger partial charge is 0.454 e. The standard InChI is InChI=1S/C53H97NO10/c1-4-7-10-13-16-19-22-23-24-26-29-32-35-38-41-48(58)64-51-50(60)49(59)47(42-55)63-53(51)62-43-44(45(56)39-36-33-30-28-25-20-17-14-11-8-5-2)54-52(61)46(57)40-37-34-31-27-21-18-15-12-9-6-3/h7,10,16,19,36,39,44-47,49-51,53,55-57,59-60H,4-6,8-9,11-15,17-18,20-35,37-38,40-43H2,1-3H3,(H,54,61)/b10-7+,19-16+,39-36+. The molecular weight excluding hydrogens is 811 g/mol. The number of ether oxygens (including phenoxy) is 3. The monoisotopic (exact) mass is 908 g/mol. The van der Waals surface area contributed by atoms with Crippen molar-refractivity contribution in [2.75, 3.05) is 13.2 Å². The first kappa shape index (κ1) is 59.9. The molecule has 1 amide bonds. The lowest BCUT2D eigenvalue weighted by Gasteiger charge is -2.41. The van der Waals surface area contributed by atoms with E-state index in [1.165, 1.54) is 96.3 Å². The van der Waals surface area contributed by atoms with E-state index in [0.717, 1.165) is 83.5 Å². The molecule has 1 fully saturated rings. The van der Waals surface area contributed by atoms with Crippen molar-refractivity contribution in [3.05, 3.63) is 36.5 Å². The number of hydrogen-bond donors (Lipinski definition) is 6. The van der Waals surface area contributed by atoms with Crippen LogP contribution >= 0.6 is 0 Å². The molecule has 1 rings (SSSR count). The lowest BCUT2D eigenvalue weighted by molar-refractivity contribution is -0.305. The van der Waals surface area contributed by atoms with Crippen LogP contribution in [0.1, 0.15) is 226 Å². The van der Waals surface area contributed by atoms with Gasteiger partial charge in [-0.3, -0.25) is 9.59 Å². The summed E-state index contributed by atoms with van der Waals surface area (Å²) < 4.78 is 17.5. The molecule has 374 valence electrons. The van der Waals surface area contributed by atoms with E-state index in [1.807, 2.05) is 6.08 Å². The quantitative estimate of drug-likeness (QED) is 0.0196. The smallest absolute Gasteiger partial charge is 0.306 e. The number of allylic oxidation sites excluding steroid dienone is 5. The Morgan fingerprint density at radius 2 is 1.12 bits per heavy atom. The van der Waals surface area contributed by atoms with Gasteiger partial charge in [0.1, 0.15) is 24.4 Å². The highest BCUT2D eigenvalue weighted by Gasteiger charge is 2.47. The van der Waals surface area contributed by atoms with Crippen LogP contribution in [0.2, 0.25) is 0 Å². The highest BCUT2D eigenvalue weighted by molar-refractivity contribution is 5.80. The fraction of sp³-hybridized carbons (Fsp3) is 0.849. The number of rotatable bonds is 43. The van der Waals surface area contributed by atoms with Crippen LogP contribution in [-0.2, 0) is 23.8 Å². The zero-order chi connectivity index (χ0) is 46.9. The third-order valence-corrected chi connectivity index (χ3v) is 12.3. The third kappa shape index (κ3) is 31.0. The second kappa shape index (κ2) is 42.2. The van der Waals surface area contributed by atoms with E-state index in [9.17, 15) is 35.1 Å². The van der Waals surface area contributed by atoms with Crippen molar-refractivity contribution < 1.29 is 49.3 Å². The molecule has 11 heteroatoms. The maximum absolute atomic E-state index is 13.3. The summed E-state index contributed by atoms with van der Waals surface area (Å²) in [6, 6.07) is -1.02. The van der Waals surface area contributed by atoms with Crippen LogP contribution in [0.4, 0.5) is 0 Å². The van der Waals surface area contributed by atoms with Crippen LogP contribution in [0.3, 0.4) is 0 Å². The molecule has 1 aliphatic rings. The Labute approximate surface area is 390 Å². The van der Waals surface area contributed by atoms with Crippen molar-refractivity contribution >= 4 is 11.9 Å². The summed E-state index contributed by atoms with van der Waals surface area (Å²) in [6.45, 7) is 5.63. The molecule has 11 nitrogen and oxygen atoms in total. The van der Waals surface area contributed by atoms with Gasteiger partial charge in [-0.15, -0.1) is 0 Å². The van der Waals surface area contributed by atoms with Crippen molar-refractivity contribution in [1.82, 2.24) is 5.32 Å².